The Hall–Kier alpha value is -3.81. The van der Waals surface area contributed by atoms with Crippen LogP contribution in [0.1, 0.15) is 56.2 Å². The number of aromatic nitrogens is 2. The molecule has 0 aliphatic carbocycles. The highest BCUT2D eigenvalue weighted by molar-refractivity contribution is 6.12. The molecule has 0 atom stereocenters. The standard InChI is InChI=1S/C27H32N4O4/c1-5-6-14-31-24(28)21(25(32)29-27(31)34)30(15-13-16(2)3)26(33)22-17(4)19-12-11-18-9-7-8-10-20(18)23(19)35-22/h7-12,16H,5-6,13-15,28H2,1-4H3,(H,29,32,34). The molecular weight excluding hydrogens is 444 g/mol. The summed E-state index contributed by atoms with van der Waals surface area (Å²) < 4.78 is 7.50. The van der Waals surface area contributed by atoms with Gasteiger partial charge in [-0.3, -0.25) is 24.0 Å². The van der Waals surface area contributed by atoms with Gasteiger partial charge in [-0.25, -0.2) is 4.79 Å². The van der Waals surface area contributed by atoms with E-state index in [1.54, 1.807) is 0 Å². The van der Waals surface area contributed by atoms with E-state index in [-0.39, 0.29) is 29.7 Å². The number of aryl methyl sites for hydroxylation is 1. The molecule has 2 aromatic carbocycles. The number of fused-ring (bicyclic) bond motifs is 3. The smallest absolute Gasteiger partial charge is 0.330 e. The fourth-order valence-corrected chi connectivity index (χ4v) is 4.35. The zero-order chi connectivity index (χ0) is 25.3. The highest BCUT2D eigenvalue weighted by Crippen LogP contribution is 2.33. The topological polar surface area (TPSA) is 114 Å². The summed E-state index contributed by atoms with van der Waals surface area (Å²) in [5.74, 6) is -0.0348. The van der Waals surface area contributed by atoms with Gasteiger partial charge in [-0.15, -0.1) is 0 Å². The maximum Gasteiger partial charge on any atom is 0.330 e. The number of furan rings is 1. The average Bonchev–Trinajstić information content (AvgIpc) is 3.17. The summed E-state index contributed by atoms with van der Waals surface area (Å²) in [4.78, 5) is 43.1. The van der Waals surface area contributed by atoms with Crippen LogP contribution in [0.4, 0.5) is 11.5 Å². The summed E-state index contributed by atoms with van der Waals surface area (Å²) in [7, 11) is 0. The van der Waals surface area contributed by atoms with Crippen LogP contribution < -0.4 is 21.9 Å². The molecule has 4 aromatic rings. The predicted octanol–water partition coefficient (Wildman–Crippen LogP) is 4.82. The third kappa shape index (κ3) is 4.48. The highest BCUT2D eigenvalue weighted by Gasteiger charge is 2.29. The second-order valence-corrected chi connectivity index (χ2v) is 9.36. The molecule has 4 rings (SSSR count). The Labute approximate surface area is 203 Å². The number of H-pyrrole nitrogens is 1. The van der Waals surface area contributed by atoms with Crippen LogP contribution in [-0.4, -0.2) is 22.0 Å². The van der Waals surface area contributed by atoms with Crippen molar-refractivity contribution in [3.63, 3.8) is 0 Å². The lowest BCUT2D eigenvalue weighted by Gasteiger charge is -2.24. The molecule has 0 saturated heterocycles. The molecular formula is C27H32N4O4. The summed E-state index contributed by atoms with van der Waals surface area (Å²) in [6.45, 7) is 8.53. The molecule has 0 aliphatic heterocycles. The zero-order valence-electron chi connectivity index (χ0n) is 20.7. The van der Waals surface area contributed by atoms with Gasteiger partial charge in [0, 0.05) is 29.4 Å². The third-order valence-electron chi connectivity index (χ3n) is 6.42. The van der Waals surface area contributed by atoms with Gasteiger partial charge in [-0.2, -0.15) is 0 Å². The first-order valence-corrected chi connectivity index (χ1v) is 12.1. The number of unbranched alkanes of at least 4 members (excludes halogenated alkanes) is 1. The summed E-state index contributed by atoms with van der Waals surface area (Å²) in [5, 5.41) is 2.75. The van der Waals surface area contributed by atoms with E-state index in [2.05, 4.69) is 4.98 Å². The second-order valence-electron chi connectivity index (χ2n) is 9.36. The molecule has 0 saturated carbocycles. The van der Waals surface area contributed by atoms with E-state index in [0.717, 1.165) is 22.6 Å². The van der Waals surface area contributed by atoms with E-state index in [1.807, 2.05) is 64.1 Å². The van der Waals surface area contributed by atoms with Crippen LogP contribution in [0.15, 0.2) is 50.4 Å². The molecule has 0 radical (unpaired) electrons. The third-order valence-corrected chi connectivity index (χ3v) is 6.42. The van der Waals surface area contributed by atoms with Gasteiger partial charge in [-0.1, -0.05) is 63.6 Å². The predicted molar refractivity (Wildman–Crippen MR) is 140 cm³/mol. The summed E-state index contributed by atoms with van der Waals surface area (Å²) in [6, 6.07) is 11.8. The van der Waals surface area contributed by atoms with Gasteiger partial charge in [0.15, 0.2) is 11.4 Å². The van der Waals surface area contributed by atoms with Crippen LogP contribution in [0.3, 0.4) is 0 Å². The highest BCUT2D eigenvalue weighted by atomic mass is 16.3. The van der Waals surface area contributed by atoms with Gasteiger partial charge in [0.25, 0.3) is 11.5 Å². The van der Waals surface area contributed by atoms with Crippen LogP contribution in [0.5, 0.6) is 0 Å². The molecule has 184 valence electrons. The molecule has 8 heteroatoms. The number of carbonyl (C=O) groups excluding carboxylic acids is 1. The van der Waals surface area contributed by atoms with Crippen molar-refractivity contribution in [2.24, 2.45) is 5.92 Å². The van der Waals surface area contributed by atoms with Crippen LogP contribution in [-0.2, 0) is 6.54 Å². The first kappa shape index (κ1) is 24.3. The number of hydrogen-bond acceptors (Lipinski definition) is 5. The van der Waals surface area contributed by atoms with Crippen molar-refractivity contribution in [2.45, 2.75) is 53.5 Å². The fraction of sp³-hybridized carbons (Fsp3) is 0.370. The molecule has 0 unspecified atom stereocenters. The minimum absolute atomic E-state index is 0.0106. The number of aromatic amines is 1. The molecule has 8 nitrogen and oxygen atoms in total. The number of hydrogen-bond donors (Lipinski definition) is 2. The lowest BCUT2D eigenvalue weighted by molar-refractivity contribution is 0.0960. The second kappa shape index (κ2) is 9.82. The Balaban J connectivity index is 1.88. The number of nitrogens with one attached hydrogen (secondary N) is 1. The SMILES string of the molecule is CCCCn1c(N)c(N(CCC(C)C)C(=O)c2oc3c(ccc4ccccc43)c2C)c(=O)[nH]c1=O. The number of nitrogen functional groups attached to an aromatic ring is 1. The fourth-order valence-electron chi connectivity index (χ4n) is 4.35. The lowest BCUT2D eigenvalue weighted by atomic mass is 10.1. The minimum Gasteiger partial charge on any atom is -0.450 e. The monoisotopic (exact) mass is 476 g/mol. The van der Waals surface area contributed by atoms with Crippen LogP contribution in [0.2, 0.25) is 0 Å². The molecule has 2 aromatic heterocycles. The number of carbonyl (C=O) groups is 1. The molecule has 2 heterocycles. The molecule has 3 N–H and O–H groups in total. The zero-order valence-corrected chi connectivity index (χ0v) is 20.7. The number of benzene rings is 2. The van der Waals surface area contributed by atoms with E-state index in [4.69, 9.17) is 10.2 Å². The van der Waals surface area contributed by atoms with Crippen molar-refractivity contribution in [3.05, 3.63) is 68.6 Å². The van der Waals surface area contributed by atoms with Crippen LogP contribution in [0.25, 0.3) is 21.7 Å². The number of anilines is 2. The quantitative estimate of drug-likeness (QED) is 0.378. The van der Waals surface area contributed by atoms with Gasteiger partial charge in [0.1, 0.15) is 11.4 Å². The Kier molecular flexibility index (Phi) is 6.82. The normalized spacial score (nSPS) is 11.6. The van der Waals surface area contributed by atoms with E-state index in [9.17, 15) is 14.4 Å². The molecule has 1 amide bonds. The van der Waals surface area contributed by atoms with E-state index in [1.165, 1.54) is 9.47 Å². The minimum atomic E-state index is -0.684. The number of nitrogens with two attached hydrogens (primary N) is 1. The molecule has 0 aliphatic rings. The number of nitrogens with zero attached hydrogens (tertiary/aromatic N) is 2. The first-order valence-electron chi connectivity index (χ1n) is 12.1. The van der Waals surface area contributed by atoms with Gasteiger partial charge >= 0.3 is 5.69 Å². The summed E-state index contributed by atoms with van der Waals surface area (Å²) in [5.41, 5.74) is 6.40. The largest absolute Gasteiger partial charge is 0.450 e. The maximum atomic E-state index is 13.9. The maximum absolute atomic E-state index is 13.9. The van der Waals surface area contributed by atoms with Gasteiger partial charge < -0.3 is 10.2 Å². The summed E-state index contributed by atoms with van der Waals surface area (Å²) >= 11 is 0. The Morgan fingerprint density at radius 2 is 1.89 bits per heavy atom. The van der Waals surface area contributed by atoms with Crippen LogP contribution >= 0.6 is 0 Å². The molecule has 0 fully saturated rings. The van der Waals surface area contributed by atoms with Crippen molar-refractivity contribution in [2.75, 3.05) is 17.2 Å². The van der Waals surface area contributed by atoms with Crippen molar-refractivity contribution in [3.8, 4) is 0 Å². The van der Waals surface area contributed by atoms with Crippen molar-refractivity contribution < 1.29 is 9.21 Å². The van der Waals surface area contributed by atoms with Crippen molar-refractivity contribution >= 4 is 39.2 Å². The Morgan fingerprint density at radius 1 is 1.14 bits per heavy atom. The number of rotatable bonds is 8. The first-order chi connectivity index (χ1) is 16.7. The summed E-state index contributed by atoms with van der Waals surface area (Å²) in [6.07, 6.45) is 2.20. The molecule has 0 spiro atoms. The van der Waals surface area contributed by atoms with Gasteiger partial charge in [-0.05, 0) is 31.1 Å². The van der Waals surface area contributed by atoms with Crippen LogP contribution in [0, 0.1) is 12.8 Å². The van der Waals surface area contributed by atoms with E-state index >= 15 is 0 Å². The average molecular weight is 477 g/mol. The molecule has 35 heavy (non-hydrogen) atoms. The Bertz CT molecular complexity index is 1510. The lowest BCUT2D eigenvalue weighted by Crippen LogP contribution is -2.42. The van der Waals surface area contributed by atoms with E-state index in [0.29, 0.717) is 30.5 Å². The van der Waals surface area contributed by atoms with E-state index < -0.39 is 17.2 Å². The van der Waals surface area contributed by atoms with Gasteiger partial charge in [0.2, 0.25) is 0 Å². The number of amides is 1. The molecule has 0 bridgehead atoms. The van der Waals surface area contributed by atoms with Crippen molar-refractivity contribution in [1.82, 2.24) is 9.55 Å². The van der Waals surface area contributed by atoms with Crippen molar-refractivity contribution in [1.29, 1.82) is 0 Å². The van der Waals surface area contributed by atoms with Gasteiger partial charge in [0.05, 0.1) is 0 Å². The Morgan fingerprint density at radius 3 is 2.60 bits per heavy atom.